The van der Waals surface area contributed by atoms with Gasteiger partial charge in [-0.25, -0.2) is 19.7 Å². The Kier molecular flexibility index (Phi) is 7.39. The molecule has 13 heteroatoms. The fourth-order valence-electron chi connectivity index (χ4n) is 3.29. The molecular weight excluding hydrogens is 509 g/mol. The summed E-state index contributed by atoms with van der Waals surface area (Å²) in [6, 6.07) is 9.20. The number of rotatable bonds is 7. The zero-order valence-corrected chi connectivity index (χ0v) is 20.1. The molecule has 0 saturated carbocycles. The van der Waals surface area contributed by atoms with Crippen LogP contribution in [0.1, 0.15) is 28.3 Å². The Labute approximate surface area is 214 Å². The average Bonchev–Trinajstić information content (AvgIpc) is 3.28. The molecule has 0 aliphatic rings. The lowest BCUT2D eigenvalue weighted by Crippen LogP contribution is -2.20. The van der Waals surface area contributed by atoms with Crippen LogP contribution in [0.2, 0.25) is 5.02 Å². The molecule has 0 aliphatic heterocycles. The van der Waals surface area contributed by atoms with Crippen LogP contribution in [0.15, 0.2) is 55.2 Å². The molecule has 0 saturated heterocycles. The second-order valence-electron chi connectivity index (χ2n) is 7.85. The minimum absolute atomic E-state index is 0.0672. The maximum atomic E-state index is 13.0. The minimum atomic E-state index is -4.64. The lowest BCUT2D eigenvalue weighted by atomic mass is 10.2. The second kappa shape index (κ2) is 10.7. The third-order valence-electron chi connectivity index (χ3n) is 4.93. The standard InChI is InChI=1S/C24H20ClF3N8O/c1-3-15-11-22(36-35-15)33-20-8-13(2)30-21(32-20)9-14-4-7-19(29-12-14)34-23(37)31-16-5-6-18(25)17(10-16)24(26,27)28/h3-8,10-12H,1,9H2,2H3,(H2,29,31,34,37)(H2,30,32,33,35,36). The van der Waals surface area contributed by atoms with Gasteiger partial charge in [0.15, 0.2) is 5.82 Å². The van der Waals surface area contributed by atoms with E-state index in [2.05, 4.69) is 47.7 Å². The molecule has 4 N–H and O–H groups in total. The summed E-state index contributed by atoms with van der Waals surface area (Å²) in [6.45, 7) is 5.53. The van der Waals surface area contributed by atoms with Gasteiger partial charge in [-0.15, -0.1) is 0 Å². The number of hydrogen-bond donors (Lipinski definition) is 4. The number of nitrogens with zero attached hydrogens (tertiary/aromatic N) is 4. The van der Waals surface area contributed by atoms with E-state index in [1.165, 1.54) is 6.07 Å². The van der Waals surface area contributed by atoms with Crippen molar-refractivity contribution in [3.63, 3.8) is 0 Å². The first-order chi connectivity index (χ1) is 17.6. The van der Waals surface area contributed by atoms with Crippen LogP contribution in [0.25, 0.3) is 6.08 Å². The molecule has 1 aromatic carbocycles. The lowest BCUT2D eigenvalue weighted by Gasteiger charge is -2.12. The summed E-state index contributed by atoms with van der Waals surface area (Å²) in [5.41, 5.74) is 1.19. The Morgan fingerprint density at radius 2 is 1.89 bits per heavy atom. The zero-order valence-electron chi connectivity index (χ0n) is 19.3. The molecule has 4 aromatic rings. The quantitative estimate of drug-likeness (QED) is 0.227. The fourth-order valence-corrected chi connectivity index (χ4v) is 3.52. The maximum absolute atomic E-state index is 13.0. The highest BCUT2D eigenvalue weighted by molar-refractivity contribution is 6.31. The highest BCUT2D eigenvalue weighted by Crippen LogP contribution is 2.36. The number of amides is 2. The minimum Gasteiger partial charge on any atom is -0.323 e. The number of nitrogens with one attached hydrogen (secondary N) is 4. The van der Waals surface area contributed by atoms with E-state index >= 15 is 0 Å². The van der Waals surface area contributed by atoms with Crippen molar-refractivity contribution in [1.29, 1.82) is 0 Å². The van der Waals surface area contributed by atoms with Crippen LogP contribution in [-0.2, 0) is 12.6 Å². The fraction of sp³-hybridized carbons (Fsp3) is 0.125. The Bertz CT molecular complexity index is 1440. The molecule has 0 unspecified atom stereocenters. The molecule has 3 heterocycles. The molecule has 190 valence electrons. The molecule has 9 nitrogen and oxygen atoms in total. The molecule has 0 radical (unpaired) electrons. The number of carbonyl (C=O) groups excluding carboxylic acids is 1. The first-order valence-electron chi connectivity index (χ1n) is 10.8. The van der Waals surface area contributed by atoms with E-state index in [-0.39, 0.29) is 11.5 Å². The molecule has 0 bridgehead atoms. The first kappa shape index (κ1) is 25.6. The third kappa shape index (κ3) is 6.82. The van der Waals surface area contributed by atoms with Gasteiger partial charge < -0.3 is 10.6 Å². The van der Waals surface area contributed by atoms with Gasteiger partial charge in [-0.2, -0.15) is 18.3 Å². The number of H-pyrrole nitrogens is 1. The van der Waals surface area contributed by atoms with E-state index in [1.54, 1.807) is 36.5 Å². The van der Waals surface area contributed by atoms with Crippen molar-refractivity contribution in [3.05, 3.63) is 88.6 Å². The number of pyridine rings is 1. The van der Waals surface area contributed by atoms with Crippen molar-refractivity contribution in [2.24, 2.45) is 0 Å². The number of hydrogen-bond acceptors (Lipinski definition) is 6. The van der Waals surface area contributed by atoms with Crippen molar-refractivity contribution in [2.45, 2.75) is 19.5 Å². The number of aromatic amines is 1. The van der Waals surface area contributed by atoms with Gasteiger partial charge in [0.05, 0.1) is 16.3 Å². The van der Waals surface area contributed by atoms with Gasteiger partial charge in [-0.3, -0.25) is 10.4 Å². The van der Waals surface area contributed by atoms with Gasteiger partial charge in [0, 0.05) is 36.1 Å². The second-order valence-corrected chi connectivity index (χ2v) is 8.26. The van der Waals surface area contributed by atoms with E-state index in [9.17, 15) is 18.0 Å². The van der Waals surface area contributed by atoms with Crippen molar-refractivity contribution >= 4 is 46.8 Å². The lowest BCUT2D eigenvalue weighted by molar-refractivity contribution is -0.137. The van der Waals surface area contributed by atoms with Crippen LogP contribution in [-0.4, -0.2) is 31.2 Å². The number of aryl methyl sites for hydroxylation is 1. The van der Waals surface area contributed by atoms with E-state index in [0.717, 1.165) is 29.1 Å². The molecular formula is C24H20ClF3N8O. The number of benzene rings is 1. The zero-order chi connectivity index (χ0) is 26.6. The van der Waals surface area contributed by atoms with Crippen LogP contribution in [0.5, 0.6) is 0 Å². The third-order valence-corrected chi connectivity index (χ3v) is 5.26. The summed E-state index contributed by atoms with van der Waals surface area (Å²) in [5.74, 6) is 1.91. The number of alkyl halides is 3. The molecule has 4 rings (SSSR count). The predicted octanol–water partition coefficient (Wildman–Crippen LogP) is 6.20. The number of carbonyl (C=O) groups is 1. The van der Waals surface area contributed by atoms with E-state index in [0.29, 0.717) is 23.9 Å². The van der Waals surface area contributed by atoms with Gasteiger partial charge >= 0.3 is 12.2 Å². The molecule has 0 fully saturated rings. The number of anilines is 4. The normalized spacial score (nSPS) is 11.2. The maximum Gasteiger partial charge on any atom is 0.417 e. The van der Waals surface area contributed by atoms with Crippen molar-refractivity contribution in [2.75, 3.05) is 16.0 Å². The molecule has 0 spiro atoms. The van der Waals surface area contributed by atoms with Crippen LogP contribution < -0.4 is 16.0 Å². The van der Waals surface area contributed by atoms with Crippen molar-refractivity contribution < 1.29 is 18.0 Å². The molecule has 37 heavy (non-hydrogen) atoms. The Hall–Kier alpha value is -4.45. The smallest absolute Gasteiger partial charge is 0.323 e. The molecule has 0 aliphatic carbocycles. The van der Waals surface area contributed by atoms with Crippen LogP contribution in [0, 0.1) is 6.92 Å². The monoisotopic (exact) mass is 528 g/mol. The molecule has 3 aromatic heterocycles. The van der Waals surface area contributed by atoms with Gasteiger partial charge in [-0.1, -0.05) is 24.2 Å². The van der Waals surface area contributed by atoms with E-state index in [4.69, 9.17) is 11.6 Å². The first-order valence-corrected chi connectivity index (χ1v) is 11.2. The van der Waals surface area contributed by atoms with Crippen LogP contribution >= 0.6 is 11.6 Å². The summed E-state index contributed by atoms with van der Waals surface area (Å²) >= 11 is 5.60. The Morgan fingerprint density at radius 1 is 1.08 bits per heavy atom. The summed E-state index contributed by atoms with van der Waals surface area (Å²) in [7, 11) is 0. The topological polar surface area (TPSA) is 121 Å². The highest BCUT2D eigenvalue weighted by atomic mass is 35.5. The summed E-state index contributed by atoms with van der Waals surface area (Å²) < 4.78 is 39.1. The van der Waals surface area contributed by atoms with Crippen molar-refractivity contribution in [3.8, 4) is 0 Å². The van der Waals surface area contributed by atoms with E-state index < -0.39 is 22.8 Å². The van der Waals surface area contributed by atoms with Crippen LogP contribution in [0.3, 0.4) is 0 Å². The Balaban J connectivity index is 1.38. The van der Waals surface area contributed by atoms with Crippen LogP contribution in [0.4, 0.5) is 41.1 Å². The highest BCUT2D eigenvalue weighted by Gasteiger charge is 2.33. The molecule has 0 atom stereocenters. The number of aromatic nitrogens is 5. The number of urea groups is 1. The number of halogens is 4. The van der Waals surface area contributed by atoms with Gasteiger partial charge in [0.2, 0.25) is 0 Å². The van der Waals surface area contributed by atoms with E-state index in [1.807, 2.05) is 6.92 Å². The Morgan fingerprint density at radius 3 is 2.57 bits per heavy atom. The molecule has 2 amide bonds. The van der Waals surface area contributed by atoms with Crippen molar-refractivity contribution in [1.82, 2.24) is 25.1 Å². The van der Waals surface area contributed by atoms with Gasteiger partial charge in [-0.05, 0) is 42.8 Å². The average molecular weight is 529 g/mol. The summed E-state index contributed by atoms with van der Waals surface area (Å²) in [6.07, 6.45) is -1.08. The van der Waals surface area contributed by atoms with Gasteiger partial charge in [0.25, 0.3) is 0 Å². The van der Waals surface area contributed by atoms with Gasteiger partial charge in [0.1, 0.15) is 17.5 Å². The predicted molar refractivity (Wildman–Crippen MR) is 135 cm³/mol. The summed E-state index contributed by atoms with van der Waals surface area (Å²) in [5, 5.41) is 14.4. The summed E-state index contributed by atoms with van der Waals surface area (Å²) in [4.78, 5) is 25.4. The SMILES string of the molecule is C=Cc1cc(Nc2cc(C)nc(Cc3ccc(NC(=O)Nc4ccc(Cl)c(C(F)(F)F)c4)nc3)n2)n[nH]1. The largest absolute Gasteiger partial charge is 0.417 e.